The fourth-order valence-corrected chi connectivity index (χ4v) is 4.18. The number of anilines is 1. The molecule has 1 heterocycles. The maximum Gasteiger partial charge on any atom is 0.262 e. The molecule has 1 unspecified atom stereocenters. The molecule has 0 radical (unpaired) electrons. The van der Waals surface area contributed by atoms with Crippen LogP contribution in [0.3, 0.4) is 0 Å². The molecule has 0 bridgehead atoms. The molecular formula is C21H21N3O4S2. The summed E-state index contributed by atoms with van der Waals surface area (Å²) in [5, 5.41) is 12.5. The van der Waals surface area contributed by atoms with Gasteiger partial charge in [-0.05, 0) is 47.7 Å². The van der Waals surface area contributed by atoms with E-state index in [1.54, 1.807) is 30.5 Å². The molecule has 3 rings (SSSR count). The minimum Gasteiger partial charge on any atom is -0.339 e. The first-order chi connectivity index (χ1) is 14.2. The summed E-state index contributed by atoms with van der Waals surface area (Å²) >= 11 is 1.28. The number of rotatable bonds is 7. The van der Waals surface area contributed by atoms with Crippen LogP contribution in [0.5, 0.6) is 0 Å². The van der Waals surface area contributed by atoms with Gasteiger partial charge in [0.2, 0.25) is 15.9 Å². The smallest absolute Gasteiger partial charge is 0.262 e. The molecule has 0 saturated carbocycles. The minimum absolute atomic E-state index is 0.0972. The second-order valence-electron chi connectivity index (χ2n) is 6.76. The van der Waals surface area contributed by atoms with Gasteiger partial charge in [-0.15, -0.1) is 11.3 Å². The molecule has 2 amide bonds. The van der Waals surface area contributed by atoms with Gasteiger partial charge in [-0.3, -0.25) is 9.59 Å². The minimum atomic E-state index is -3.92. The molecule has 30 heavy (non-hydrogen) atoms. The van der Waals surface area contributed by atoms with Crippen molar-refractivity contribution in [3.05, 3.63) is 82.0 Å². The first kappa shape index (κ1) is 21.7. The number of hydrogen-bond donors (Lipinski definition) is 3. The molecule has 0 fully saturated rings. The second-order valence-corrected chi connectivity index (χ2v) is 9.27. The number of carbonyl (C=O) groups excluding carboxylic acids is 2. The standard InChI is InChI=1S/C21H21N3O4S2/c1-14-10-16(13-17(11-14)30(22,27)28)23-20(25)18(12-15-6-3-2-4-7-15)24-21(26)19-8-5-9-29-19/h2-11,13,18H,12H2,1H3,(H,23,25)(H,24,26)(H2,22,27,28). The van der Waals surface area contributed by atoms with Gasteiger partial charge in [0.15, 0.2) is 0 Å². The molecule has 0 saturated heterocycles. The second kappa shape index (κ2) is 9.21. The number of thiophene rings is 1. The van der Waals surface area contributed by atoms with Gasteiger partial charge in [-0.1, -0.05) is 36.4 Å². The van der Waals surface area contributed by atoms with E-state index < -0.39 is 22.0 Å². The van der Waals surface area contributed by atoms with Crippen LogP contribution >= 0.6 is 11.3 Å². The zero-order valence-corrected chi connectivity index (χ0v) is 17.8. The van der Waals surface area contributed by atoms with Gasteiger partial charge in [0.25, 0.3) is 5.91 Å². The van der Waals surface area contributed by atoms with Crippen LogP contribution in [0.2, 0.25) is 0 Å². The Kier molecular flexibility index (Phi) is 6.66. The molecule has 156 valence electrons. The largest absolute Gasteiger partial charge is 0.339 e. The fourth-order valence-electron chi connectivity index (χ4n) is 2.91. The lowest BCUT2D eigenvalue weighted by Crippen LogP contribution is -2.45. The Morgan fingerprint density at radius 2 is 1.80 bits per heavy atom. The first-order valence-electron chi connectivity index (χ1n) is 9.06. The van der Waals surface area contributed by atoms with Crippen LogP contribution in [0.15, 0.2) is 70.9 Å². The van der Waals surface area contributed by atoms with Crippen LogP contribution < -0.4 is 15.8 Å². The summed E-state index contributed by atoms with van der Waals surface area (Å²) in [5.74, 6) is -0.815. The average molecular weight is 444 g/mol. The molecule has 0 aliphatic carbocycles. The number of benzene rings is 2. The highest BCUT2D eigenvalue weighted by Crippen LogP contribution is 2.18. The van der Waals surface area contributed by atoms with Crippen molar-refractivity contribution >= 4 is 38.9 Å². The van der Waals surface area contributed by atoms with Crippen molar-refractivity contribution in [3.8, 4) is 0 Å². The summed E-state index contributed by atoms with van der Waals surface area (Å²) in [6, 6.07) is 16.2. The Morgan fingerprint density at radius 1 is 1.07 bits per heavy atom. The van der Waals surface area contributed by atoms with E-state index in [1.165, 1.54) is 23.5 Å². The first-order valence-corrected chi connectivity index (χ1v) is 11.5. The van der Waals surface area contributed by atoms with Gasteiger partial charge in [-0.25, -0.2) is 13.6 Å². The molecule has 4 N–H and O–H groups in total. The summed E-state index contributed by atoms with van der Waals surface area (Å²) < 4.78 is 23.4. The van der Waals surface area contributed by atoms with Crippen molar-refractivity contribution in [1.29, 1.82) is 0 Å². The van der Waals surface area contributed by atoms with Crippen molar-refractivity contribution < 1.29 is 18.0 Å². The Morgan fingerprint density at radius 3 is 2.43 bits per heavy atom. The molecule has 0 aliphatic heterocycles. The van der Waals surface area contributed by atoms with E-state index in [1.807, 2.05) is 30.3 Å². The molecule has 1 atom stereocenters. The summed E-state index contributed by atoms with van der Waals surface area (Å²) in [6.45, 7) is 1.70. The number of aryl methyl sites for hydroxylation is 1. The van der Waals surface area contributed by atoms with E-state index in [4.69, 9.17) is 5.14 Å². The van der Waals surface area contributed by atoms with Gasteiger partial charge in [0.05, 0.1) is 9.77 Å². The normalized spacial score (nSPS) is 12.2. The SMILES string of the molecule is Cc1cc(NC(=O)C(Cc2ccccc2)NC(=O)c2cccs2)cc(S(N)(=O)=O)c1. The van der Waals surface area contributed by atoms with Crippen LogP contribution in [0.4, 0.5) is 5.69 Å². The van der Waals surface area contributed by atoms with E-state index in [0.717, 1.165) is 5.56 Å². The van der Waals surface area contributed by atoms with Crippen LogP contribution in [0.1, 0.15) is 20.8 Å². The molecule has 9 heteroatoms. The van der Waals surface area contributed by atoms with Gasteiger partial charge in [0, 0.05) is 12.1 Å². The van der Waals surface area contributed by atoms with E-state index in [-0.39, 0.29) is 22.9 Å². The molecule has 0 spiro atoms. The van der Waals surface area contributed by atoms with Crippen molar-refractivity contribution in [1.82, 2.24) is 5.32 Å². The summed E-state index contributed by atoms with van der Waals surface area (Å²) in [4.78, 5) is 25.9. The van der Waals surface area contributed by atoms with Crippen molar-refractivity contribution in [3.63, 3.8) is 0 Å². The summed E-state index contributed by atoms with van der Waals surface area (Å²) in [6.07, 6.45) is 0.275. The molecule has 0 aliphatic rings. The number of carbonyl (C=O) groups is 2. The van der Waals surface area contributed by atoms with E-state index in [0.29, 0.717) is 10.4 Å². The highest BCUT2D eigenvalue weighted by atomic mass is 32.2. The quantitative estimate of drug-likeness (QED) is 0.520. The van der Waals surface area contributed by atoms with Crippen LogP contribution in [-0.4, -0.2) is 26.3 Å². The van der Waals surface area contributed by atoms with Crippen molar-refractivity contribution in [2.24, 2.45) is 5.14 Å². The summed E-state index contributed by atoms with van der Waals surface area (Å²) in [7, 11) is -3.92. The van der Waals surface area contributed by atoms with Gasteiger partial charge in [-0.2, -0.15) is 0 Å². The van der Waals surface area contributed by atoms with E-state index in [9.17, 15) is 18.0 Å². The Hall–Kier alpha value is -3.01. The lowest BCUT2D eigenvalue weighted by Gasteiger charge is -2.19. The summed E-state index contributed by atoms with van der Waals surface area (Å²) in [5.41, 5.74) is 1.78. The maximum atomic E-state index is 13.0. The van der Waals surface area contributed by atoms with Gasteiger partial charge in [0.1, 0.15) is 6.04 Å². The number of hydrogen-bond acceptors (Lipinski definition) is 5. The number of nitrogens with two attached hydrogens (primary N) is 1. The van der Waals surface area contributed by atoms with E-state index >= 15 is 0 Å². The topological polar surface area (TPSA) is 118 Å². The highest BCUT2D eigenvalue weighted by molar-refractivity contribution is 7.89. The number of nitrogens with one attached hydrogen (secondary N) is 2. The molecule has 1 aromatic heterocycles. The molecule has 3 aromatic rings. The predicted octanol–water partition coefficient (Wildman–Crippen LogP) is 2.68. The molecule has 7 nitrogen and oxygen atoms in total. The fraction of sp³-hybridized carbons (Fsp3) is 0.143. The number of amides is 2. The third-order valence-corrected chi connectivity index (χ3v) is 6.06. The lowest BCUT2D eigenvalue weighted by molar-refractivity contribution is -0.118. The van der Waals surface area contributed by atoms with Crippen molar-refractivity contribution in [2.45, 2.75) is 24.3 Å². The number of sulfonamides is 1. The van der Waals surface area contributed by atoms with Gasteiger partial charge < -0.3 is 10.6 Å². The van der Waals surface area contributed by atoms with Crippen LogP contribution in [-0.2, 0) is 21.2 Å². The Balaban J connectivity index is 1.84. The third kappa shape index (κ3) is 5.76. The third-order valence-electron chi connectivity index (χ3n) is 4.30. The maximum absolute atomic E-state index is 13.0. The van der Waals surface area contributed by atoms with E-state index in [2.05, 4.69) is 10.6 Å². The monoisotopic (exact) mass is 443 g/mol. The zero-order chi connectivity index (χ0) is 21.7. The van der Waals surface area contributed by atoms with Crippen LogP contribution in [0, 0.1) is 6.92 Å². The Labute approximate surface area is 179 Å². The molecular weight excluding hydrogens is 422 g/mol. The lowest BCUT2D eigenvalue weighted by atomic mass is 10.0. The predicted molar refractivity (Wildman–Crippen MR) is 117 cm³/mol. The Bertz CT molecular complexity index is 1140. The molecule has 2 aromatic carbocycles. The van der Waals surface area contributed by atoms with Gasteiger partial charge >= 0.3 is 0 Å². The van der Waals surface area contributed by atoms with Crippen LogP contribution in [0.25, 0.3) is 0 Å². The average Bonchev–Trinajstić information content (AvgIpc) is 3.22. The highest BCUT2D eigenvalue weighted by Gasteiger charge is 2.23. The van der Waals surface area contributed by atoms with Crippen molar-refractivity contribution in [2.75, 3.05) is 5.32 Å². The zero-order valence-electron chi connectivity index (χ0n) is 16.2. The number of primary sulfonamides is 1.